The smallest absolute Gasteiger partial charge is 0.338 e. The number of carbonyl (C=O) groups excluding carboxylic acids is 1. The van der Waals surface area contributed by atoms with Crippen LogP contribution in [0.3, 0.4) is 0 Å². The van der Waals surface area contributed by atoms with Crippen molar-refractivity contribution in [3.05, 3.63) is 59.7 Å². The summed E-state index contributed by atoms with van der Waals surface area (Å²) in [7, 11) is 0. The molecule has 4 heteroatoms. The Kier molecular flexibility index (Phi) is 4.82. The van der Waals surface area contributed by atoms with Gasteiger partial charge in [0, 0.05) is 31.2 Å². The highest BCUT2D eigenvalue weighted by Crippen LogP contribution is 2.12. The molecule has 0 amide bonds. The topological polar surface area (TPSA) is 52.1 Å². The second-order valence-corrected chi connectivity index (χ2v) is 4.67. The Labute approximate surface area is 118 Å². The van der Waals surface area contributed by atoms with Gasteiger partial charge >= 0.3 is 5.97 Å². The van der Waals surface area contributed by atoms with E-state index in [4.69, 9.17) is 4.74 Å². The summed E-state index contributed by atoms with van der Waals surface area (Å²) in [5, 5.41) is 0. The van der Waals surface area contributed by atoms with Gasteiger partial charge in [-0.3, -0.25) is 9.97 Å². The summed E-state index contributed by atoms with van der Waals surface area (Å²) >= 11 is 0. The second-order valence-electron chi connectivity index (χ2n) is 4.67. The first-order valence-corrected chi connectivity index (χ1v) is 6.73. The number of carbonyl (C=O) groups is 1. The summed E-state index contributed by atoms with van der Waals surface area (Å²) in [5.41, 5.74) is 2.56. The van der Waals surface area contributed by atoms with Gasteiger partial charge in [-0.05, 0) is 36.6 Å². The van der Waals surface area contributed by atoms with Crippen LogP contribution in [0.25, 0.3) is 0 Å². The van der Waals surface area contributed by atoms with Crippen LogP contribution in [-0.2, 0) is 17.6 Å². The lowest BCUT2D eigenvalue weighted by Crippen LogP contribution is -2.18. The van der Waals surface area contributed by atoms with Crippen molar-refractivity contribution in [2.75, 3.05) is 0 Å². The molecule has 0 saturated heterocycles. The zero-order chi connectivity index (χ0) is 14.4. The second kappa shape index (κ2) is 6.80. The van der Waals surface area contributed by atoms with Crippen LogP contribution < -0.4 is 0 Å². The maximum absolute atomic E-state index is 12.2. The number of hydrogen-bond donors (Lipinski definition) is 0. The SMILES string of the molecule is CCc1cnccc1C(=O)O[C@@H](C)Cc1cccnc1. The molecule has 2 heterocycles. The number of aryl methyl sites for hydroxylation is 1. The lowest BCUT2D eigenvalue weighted by atomic mass is 10.1. The molecule has 0 saturated carbocycles. The van der Waals surface area contributed by atoms with E-state index in [-0.39, 0.29) is 12.1 Å². The highest BCUT2D eigenvalue weighted by atomic mass is 16.5. The molecule has 0 radical (unpaired) electrons. The van der Waals surface area contributed by atoms with Crippen LogP contribution in [0, 0.1) is 0 Å². The molecule has 0 aliphatic heterocycles. The van der Waals surface area contributed by atoms with Crippen molar-refractivity contribution in [2.24, 2.45) is 0 Å². The van der Waals surface area contributed by atoms with Gasteiger partial charge in [0.1, 0.15) is 6.10 Å². The van der Waals surface area contributed by atoms with Gasteiger partial charge in [-0.25, -0.2) is 4.79 Å². The lowest BCUT2D eigenvalue weighted by Gasteiger charge is -2.14. The Balaban J connectivity index is 2.00. The van der Waals surface area contributed by atoms with E-state index in [1.165, 1.54) is 0 Å². The Bertz CT molecular complexity index is 570. The van der Waals surface area contributed by atoms with Crippen LogP contribution in [0.1, 0.15) is 35.3 Å². The van der Waals surface area contributed by atoms with E-state index in [1.807, 2.05) is 26.0 Å². The lowest BCUT2D eigenvalue weighted by molar-refractivity contribution is 0.0341. The van der Waals surface area contributed by atoms with Crippen molar-refractivity contribution < 1.29 is 9.53 Å². The van der Waals surface area contributed by atoms with Crippen LogP contribution in [0.15, 0.2) is 43.0 Å². The zero-order valence-electron chi connectivity index (χ0n) is 11.7. The highest BCUT2D eigenvalue weighted by Gasteiger charge is 2.15. The van der Waals surface area contributed by atoms with Gasteiger partial charge in [-0.1, -0.05) is 13.0 Å². The maximum Gasteiger partial charge on any atom is 0.338 e. The van der Waals surface area contributed by atoms with Crippen molar-refractivity contribution in [1.82, 2.24) is 9.97 Å². The van der Waals surface area contributed by atoms with Crippen molar-refractivity contribution in [3.8, 4) is 0 Å². The van der Waals surface area contributed by atoms with E-state index >= 15 is 0 Å². The van der Waals surface area contributed by atoms with Gasteiger partial charge in [-0.15, -0.1) is 0 Å². The molecular formula is C16H18N2O2. The van der Waals surface area contributed by atoms with Gasteiger partial charge in [0.15, 0.2) is 0 Å². The number of nitrogens with zero attached hydrogens (tertiary/aromatic N) is 2. The van der Waals surface area contributed by atoms with E-state index in [2.05, 4.69) is 9.97 Å². The molecule has 0 unspecified atom stereocenters. The van der Waals surface area contributed by atoms with Gasteiger partial charge in [-0.2, -0.15) is 0 Å². The summed E-state index contributed by atoms with van der Waals surface area (Å²) in [6, 6.07) is 5.56. The predicted octanol–water partition coefficient (Wildman–Crippen LogP) is 2.83. The van der Waals surface area contributed by atoms with Crippen molar-refractivity contribution in [2.45, 2.75) is 32.8 Å². The molecule has 0 N–H and O–H groups in total. The van der Waals surface area contributed by atoms with E-state index in [0.717, 1.165) is 17.5 Å². The third-order valence-corrected chi connectivity index (χ3v) is 3.06. The zero-order valence-corrected chi connectivity index (χ0v) is 11.7. The minimum atomic E-state index is -0.291. The van der Waals surface area contributed by atoms with Crippen molar-refractivity contribution in [3.63, 3.8) is 0 Å². The van der Waals surface area contributed by atoms with Crippen LogP contribution >= 0.6 is 0 Å². The van der Waals surface area contributed by atoms with E-state index in [9.17, 15) is 4.79 Å². The number of rotatable bonds is 5. The molecule has 0 fully saturated rings. The van der Waals surface area contributed by atoms with Crippen molar-refractivity contribution in [1.29, 1.82) is 0 Å². The van der Waals surface area contributed by atoms with Gasteiger partial charge in [0.25, 0.3) is 0 Å². The Morgan fingerprint density at radius 1 is 1.25 bits per heavy atom. The molecular weight excluding hydrogens is 252 g/mol. The first kappa shape index (κ1) is 14.2. The average molecular weight is 270 g/mol. The predicted molar refractivity (Wildman–Crippen MR) is 76.4 cm³/mol. The summed E-state index contributed by atoms with van der Waals surface area (Å²) in [4.78, 5) is 20.2. The molecule has 2 aromatic rings. The molecule has 4 nitrogen and oxygen atoms in total. The summed E-state index contributed by atoms with van der Waals surface area (Å²) < 4.78 is 5.49. The Morgan fingerprint density at radius 2 is 2.05 bits per heavy atom. The minimum Gasteiger partial charge on any atom is -0.459 e. The fraction of sp³-hybridized carbons (Fsp3) is 0.312. The molecule has 0 aliphatic rings. The van der Waals surface area contributed by atoms with Crippen LogP contribution in [-0.4, -0.2) is 22.0 Å². The molecule has 1 atom stereocenters. The molecule has 2 aromatic heterocycles. The summed E-state index contributed by atoms with van der Waals surface area (Å²) in [6.45, 7) is 3.88. The van der Waals surface area contributed by atoms with Crippen LogP contribution in [0.5, 0.6) is 0 Å². The minimum absolute atomic E-state index is 0.190. The summed E-state index contributed by atoms with van der Waals surface area (Å²) in [5.74, 6) is -0.291. The summed E-state index contributed by atoms with van der Waals surface area (Å²) in [6.07, 6.45) is 8.06. The third-order valence-electron chi connectivity index (χ3n) is 3.06. The van der Waals surface area contributed by atoms with E-state index < -0.39 is 0 Å². The average Bonchev–Trinajstić information content (AvgIpc) is 2.48. The molecule has 0 aliphatic carbocycles. The molecule has 0 spiro atoms. The van der Waals surface area contributed by atoms with Crippen LogP contribution in [0.2, 0.25) is 0 Å². The third kappa shape index (κ3) is 3.63. The molecule has 20 heavy (non-hydrogen) atoms. The highest BCUT2D eigenvalue weighted by molar-refractivity contribution is 5.91. The number of pyridine rings is 2. The quantitative estimate of drug-likeness (QED) is 0.784. The molecule has 104 valence electrons. The number of aromatic nitrogens is 2. The Morgan fingerprint density at radius 3 is 2.75 bits per heavy atom. The van der Waals surface area contributed by atoms with E-state index in [0.29, 0.717) is 12.0 Å². The van der Waals surface area contributed by atoms with Gasteiger partial charge < -0.3 is 4.74 Å². The number of esters is 1. The fourth-order valence-corrected chi connectivity index (χ4v) is 2.05. The molecule has 0 bridgehead atoms. The monoisotopic (exact) mass is 270 g/mol. The Hall–Kier alpha value is -2.23. The normalized spacial score (nSPS) is 11.9. The van der Waals surface area contributed by atoms with Gasteiger partial charge in [0.05, 0.1) is 5.56 Å². The fourth-order valence-electron chi connectivity index (χ4n) is 2.05. The van der Waals surface area contributed by atoms with E-state index in [1.54, 1.807) is 30.9 Å². The van der Waals surface area contributed by atoms with Crippen LogP contribution in [0.4, 0.5) is 0 Å². The largest absolute Gasteiger partial charge is 0.459 e. The van der Waals surface area contributed by atoms with Gasteiger partial charge in [0.2, 0.25) is 0 Å². The first-order chi connectivity index (χ1) is 9.70. The maximum atomic E-state index is 12.2. The standard InChI is InChI=1S/C16H18N2O2/c1-3-14-11-18-8-6-15(14)16(19)20-12(2)9-13-5-4-7-17-10-13/h4-8,10-12H,3,9H2,1-2H3/t12-/m0/s1. The molecule has 2 rings (SSSR count). The van der Waals surface area contributed by atoms with Crippen molar-refractivity contribution >= 4 is 5.97 Å². The number of hydrogen-bond acceptors (Lipinski definition) is 4. The first-order valence-electron chi connectivity index (χ1n) is 6.73. The molecule has 0 aromatic carbocycles. The number of ether oxygens (including phenoxy) is 1.